The number of ether oxygens (including phenoxy) is 1. The highest BCUT2D eigenvalue weighted by Crippen LogP contribution is 2.37. The summed E-state index contributed by atoms with van der Waals surface area (Å²) >= 11 is 0. The van der Waals surface area contributed by atoms with Crippen LogP contribution in [0.5, 0.6) is 0 Å². The van der Waals surface area contributed by atoms with Crippen LogP contribution in [0.2, 0.25) is 0 Å². The molecule has 27 heavy (non-hydrogen) atoms. The molecule has 0 unspecified atom stereocenters. The summed E-state index contributed by atoms with van der Waals surface area (Å²) in [5.41, 5.74) is 2.12. The largest absolute Gasteiger partial charge is 0.387 e. The summed E-state index contributed by atoms with van der Waals surface area (Å²) in [4.78, 5) is 8.36. The summed E-state index contributed by atoms with van der Waals surface area (Å²) in [5.74, 6) is -0.384. The lowest BCUT2D eigenvalue weighted by Crippen LogP contribution is -2.34. The number of hydrogen-bond donors (Lipinski definition) is 3. The zero-order valence-corrected chi connectivity index (χ0v) is 14.8. The highest BCUT2D eigenvalue weighted by atomic mass is 19.1. The van der Waals surface area contributed by atoms with Crippen LogP contribution in [-0.4, -0.2) is 48.2 Å². The molecule has 5 atom stereocenters. The maximum Gasteiger partial charge on any atom is 0.164 e. The van der Waals surface area contributed by atoms with Crippen LogP contribution in [0.3, 0.4) is 0 Å². The molecule has 0 amide bonds. The Hall–Kier alpha value is -2.39. The molecule has 4 rings (SSSR count). The number of aliphatic hydroxyl groups is 3. The molecule has 3 heterocycles. The lowest BCUT2D eigenvalue weighted by molar-refractivity contribution is -0.0848. The number of fused-ring (bicyclic) bond motifs is 1. The first-order valence-corrected chi connectivity index (χ1v) is 8.62. The molecule has 8 heteroatoms. The SMILES string of the molecule is Cc1cc([C@@H](O)[C@H]2O[C@@H](n3ccc4c(C)ncnc43)[C@H](O)[C@@H]2O)ccc1F. The van der Waals surface area contributed by atoms with Gasteiger partial charge >= 0.3 is 0 Å². The zero-order valence-electron chi connectivity index (χ0n) is 14.8. The van der Waals surface area contributed by atoms with Gasteiger partial charge in [0.1, 0.15) is 42.2 Å². The van der Waals surface area contributed by atoms with E-state index in [1.165, 1.54) is 24.5 Å². The Labute approximate surface area is 154 Å². The molecule has 7 nitrogen and oxygen atoms in total. The predicted octanol–water partition coefficient (Wildman–Crippen LogP) is 1.54. The second kappa shape index (κ2) is 6.65. The zero-order chi connectivity index (χ0) is 19.3. The van der Waals surface area contributed by atoms with Gasteiger partial charge in [-0.15, -0.1) is 0 Å². The van der Waals surface area contributed by atoms with E-state index in [1.807, 2.05) is 6.92 Å². The summed E-state index contributed by atoms with van der Waals surface area (Å²) in [7, 11) is 0. The standard InChI is InChI=1S/C19H20FN3O4/c1-9-7-11(3-4-13(9)20)14(24)17-15(25)16(26)19(27-17)23-6-5-12-10(2)21-8-22-18(12)23/h3-8,14-17,19,24-26H,1-2H3/t14-,15+,16-,17-,19-/m1/s1. The highest BCUT2D eigenvalue weighted by molar-refractivity contribution is 5.78. The summed E-state index contributed by atoms with van der Waals surface area (Å²) in [5, 5.41) is 32.4. The maximum absolute atomic E-state index is 13.5. The lowest BCUT2D eigenvalue weighted by atomic mass is 9.98. The number of hydrogen-bond acceptors (Lipinski definition) is 6. The Kier molecular flexibility index (Phi) is 4.43. The molecule has 142 valence electrons. The van der Waals surface area contributed by atoms with Crippen molar-refractivity contribution < 1.29 is 24.4 Å². The van der Waals surface area contributed by atoms with Crippen LogP contribution in [0.25, 0.3) is 11.0 Å². The van der Waals surface area contributed by atoms with Crippen LogP contribution >= 0.6 is 0 Å². The minimum Gasteiger partial charge on any atom is -0.387 e. The molecule has 0 saturated carbocycles. The third kappa shape index (κ3) is 2.90. The third-order valence-corrected chi connectivity index (χ3v) is 5.09. The molecule has 2 aromatic heterocycles. The van der Waals surface area contributed by atoms with E-state index in [9.17, 15) is 19.7 Å². The van der Waals surface area contributed by atoms with E-state index in [0.29, 0.717) is 16.8 Å². The van der Waals surface area contributed by atoms with Gasteiger partial charge in [-0.2, -0.15) is 0 Å². The topological polar surface area (TPSA) is 101 Å². The number of aromatic nitrogens is 3. The molecule has 0 bridgehead atoms. The van der Waals surface area contributed by atoms with Gasteiger partial charge in [-0.3, -0.25) is 0 Å². The van der Waals surface area contributed by atoms with Crippen LogP contribution in [0.1, 0.15) is 29.2 Å². The fourth-order valence-electron chi connectivity index (χ4n) is 3.52. The van der Waals surface area contributed by atoms with E-state index in [2.05, 4.69) is 9.97 Å². The van der Waals surface area contributed by atoms with Crippen molar-refractivity contribution in [2.45, 2.75) is 44.5 Å². The van der Waals surface area contributed by atoms with Gasteiger partial charge in [0.2, 0.25) is 0 Å². The van der Waals surface area contributed by atoms with Crippen molar-refractivity contribution in [1.29, 1.82) is 0 Å². The summed E-state index contributed by atoms with van der Waals surface area (Å²) in [6, 6.07) is 5.99. The van der Waals surface area contributed by atoms with Gasteiger partial charge in [0, 0.05) is 11.6 Å². The molecule has 1 fully saturated rings. The smallest absolute Gasteiger partial charge is 0.164 e. The molecule has 3 N–H and O–H groups in total. The van der Waals surface area contributed by atoms with Gasteiger partial charge in [-0.05, 0) is 37.1 Å². The fraction of sp³-hybridized carbons (Fsp3) is 0.368. The van der Waals surface area contributed by atoms with Crippen LogP contribution in [-0.2, 0) is 4.74 Å². The van der Waals surface area contributed by atoms with Gasteiger partial charge in [0.05, 0.1) is 5.69 Å². The number of aryl methyl sites for hydroxylation is 2. The van der Waals surface area contributed by atoms with Crippen molar-refractivity contribution in [2.75, 3.05) is 0 Å². The van der Waals surface area contributed by atoms with Crippen LogP contribution in [0, 0.1) is 19.7 Å². The molecule has 1 aliphatic rings. The minimum atomic E-state index is -1.32. The van der Waals surface area contributed by atoms with E-state index in [-0.39, 0.29) is 5.82 Å². The average molecular weight is 373 g/mol. The molecule has 0 radical (unpaired) electrons. The van der Waals surface area contributed by atoms with Gasteiger partial charge in [-0.25, -0.2) is 14.4 Å². The second-order valence-corrected chi connectivity index (χ2v) is 6.85. The first kappa shape index (κ1) is 18.0. The summed E-state index contributed by atoms with van der Waals surface area (Å²) < 4.78 is 20.9. The first-order valence-electron chi connectivity index (χ1n) is 8.62. The molecule has 0 spiro atoms. The normalized spacial score (nSPS) is 26.6. The van der Waals surface area contributed by atoms with E-state index in [0.717, 1.165) is 11.1 Å². The molecule has 0 aliphatic carbocycles. The van der Waals surface area contributed by atoms with Gasteiger partial charge in [0.25, 0.3) is 0 Å². The highest BCUT2D eigenvalue weighted by Gasteiger charge is 2.47. The lowest BCUT2D eigenvalue weighted by Gasteiger charge is -2.22. The fourth-order valence-corrected chi connectivity index (χ4v) is 3.52. The van der Waals surface area contributed by atoms with Crippen molar-refractivity contribution in [3.05, 3.63) is 59.4 Å². The van der Waals surface area contributed by atoms with Gasteiger partial charge < -0.3 is 24.6 Å². The van der Waals surface area contributed by atoms with E-state index in [1.54, 1.807) is 23.8 Å². The Morgan fingerprint density at radius 3 is 2.67 bits per heavy atom. The van der Waals surface area contributed by atoms with Crippen molar-refractivity contribution in [3.63, 3.8) is 0 Å². The molecule has 1 aromatic carbocycles. The quantitative estimate of drug-likeness (QED) is 0.644. The van der Waals surface area contributed by atoms with Crippen molar-refractivity contribution >= 4 is 11.0 Å². The number of aliphatic hydroxyl groups excluding tert-OH is 3. The Bertz CT molecular complexity index is 992. The molecular weight excluding hydrogens is 353 g/mol. The van der Waals surface area contributed by atoms with Crippen molar-refractivity contribution in [2.24, 2.45) is 0 Å². The monoisotopic (exact) mass is 373 g/mol. The van der Waals surface area contributed by atoms with Crippen molar-refractivity contribution in [3.8, 4) is 0 Å². The van der Waals surface area contributed by atoms with Crippen LogP contribution in [0.15, 0.2) is 36.8 Å². The molecular formula is C19H20FN3O4. The van der Waals surface area contributed by atoms with Crippen LogP contribution in [0.4, 0.5) is 4.39 Å². The maximum atomic E-state index is 13.5. The number of rotatable bonds is 3. The number of halogens is 1. The van der Waals surface area contributed by atoms with Gasteiger partial charge in [0.15, 0.2) is 6.23 Å². The summed E-state index contributed by atoms with van der Waals surface area (Å²) in [6.07, 6.45) is -2.70. The van der Waals surface area contributed by atoms with E-state index < -0.39 is 30.6 Å². The summed E-state index contributed by atoms with van der Waals surface area (Å²) in [6.45, 7) is 3.43. The first-order chi connectivity index (χ1) is 12.9. The molecule has 3 aromatic rings. The number of benzene rings is 1. The van der Waals surface area contributed by atoms with E-state index in [4.69, 9.17) is 4.74 Å². The second-order valence-electron chi connectivity index (χ2n) is 6.85. The van der Waals surface area contributed by atoms with Crippen LogP contribution < -0.4 is 0 Å². The van der Waals surface area contributed by atoms with Crippen molar-refractivity contribution in [1.82, 2.24) is 14.5 Å². The predicted molar refractivity (Wildman–Crippen MR) is 94.3 cm³/mol. The third-order valence-electron chi connectivity index (χ3n) is 5.09. The average Bonchev–Trinajstić information content (AvgIpc) is 3.20. The minimum absolute atomic E-state index is 0.375. The Morgan fingerprint density at radius 2 is 1.93 bits per heavy atom. The van der Waals surface area contributed by atoms with E-state index >= 15 is 0 Å². The molecule has 1 saturated heterocycles. The van der Waals surface area contributed by atoms with Gasteiger partial charge in [-0.1, -0.05) is 12.1 Å². The number of nitrogens with zero attached hydrogens (tertiary/aromatic N) is 3. The Morgan fingerprint density at radius 1 is 1.15 bits per heavy atom. The molecule has 1 aliphatic heterocycles. The Balaban J connectivity index is 1.66.